The molecule has 3 rings (SSSR count). The molecule has 5 nitrogen and oxygen atoms in total. The highest BCUT2D eigenvalue weighted by atomic mass is 16.1. The van der Waals surface area contributed by atoms with E-state index < -0.39 is 0 Å². The lowest BCUT2D eigenvalue weighted by molar-refractivity contribution is 0.102. The molecular formula is C32H34N4O. The van der Waals surface area contributed by atoms with E-state index in [0.717, 1.165) is 44.8 Å². The van der Waals surface area contributed by atoms with Crippen molar-refractivity contribution in [1.82, 2.24) is 10.3 Å². The Morgan fingerprint density at radius 1 is 1.11 bits per heavy atom. The summed E-state index contributed by atoms with van der Waals surface area (Å²) < 4.78 is 0. The Morgan fingerprint density at radius 2 is 1.92 bits per heavy atom. The van der Waals surface area contributed by atoms with Crippen molar-refractivity contribution in [2.45, 2.75) is 26.8 Å². The van der Waals surface area contributed by atoms with E-state index in [1.165, 1.54) is 0 Å². The van der Waals surface area contributed by atoms with Crippen LogP contribution in [0.15, 0.2) is 131 Å². The van der Waals surface area contributed by atoms with Crippen molar-refractivity contribution in [3.05, 3.63) is 143 Å². The first-order chi connectivity index (χ1) is 17.9. The molecule has 1 aliphatic carbocycles. The van der Waals surface area contributed by atoms with Gasteiger partial charge in [-0.1, -0.05) is 61.7 Å². The molecule has 0 spiro atoms. The van der Waals surface area contributed by atoms with E-state index in [-0.39, 0.29) is 11.9 Å². The van der Waals surface area contributed by atoms with Crippen LogP contribution < -0.4 is 10.6 Å². The maximum atomic E-state index is 12.7. The minimum atomic E-state index is -0.187. The van der Waals surface area contributed by atoms with Gasteiger partial charge < -0.3 is 10.6 Å². The molecular weight excluding hydrogens is 456 g/mol. The number of pyridine rings is 1. The van der Waals surface area contributed by atoms with Crippen molar-refractivity contribution in [2.75, 3.05) is 12.4 Å². The lowest BCUT2D eigenvalue weighted by Crippen LogP contribution is -2.19. The van der Waals surface area contributed by atoms with Gasteiger partial charge in [0.15, 0.2) is 0 Å². The molecule has 0 saturated heterocycles. The highest BCUT2D eigenvalue weighted by molar-refractivity contribution is 6.04. The van der Waals surface area contributed by atoms with E-state index in [1.54, 1.807) is 25.5 Å². The quantitative estimate of drug-likeness (QED) is 0.294. The van der Waals surface area contributed by atoms with E-state index in [9.17, 15) is 4.79 Å². The number of aryl methyl sites for hydroxylation is 1. The van der Waals surface area contributed by atoms with Crippen LogP contribution in [0.25, 0.3) is 0 Å². The van der Waals surface area contributed by atoms with Gasteiger partial charge in [0, 0.05) is 48.7 Å². The maximum absolute atomic E-state index is 12.7. The number of nitrogens with one attached hydrogen (secondary N) is 2. The molecule has 1 atom stereocenters. The van der Waals surface area contributed by atoms with Crippen molar-refractivity contribution in [3.8, 4) is 0 Å². The summed E-state index contributed by atoms with van der Waals surface area (Å²) in [5.74, 6) is -0.187. The van der Waals surface area contributed by atoms with E-state index in [1.807, 2.05) is 55.6 Å². The first kappa shape index (κ1) is 27.1. The number of nitrogens with zero attached hydrogens (tertiary/aromatic N) is 2. The van der Waals surface area contributed by atoms with Gasteiger partial charge in [-0.3, -0.25) is 14.8 Å². The third-order valence-electron chi connectivity index (χ3n) is 5.91. The molecule has 1 aliphatic rings. The highest BCUT2D eigenvalue weighted by Crippen LogP contribution is 2.25. The Morgan fingerprint density at radius 3 is 2.62 bits per heavy atom. The number of carbonyl (C=O) groups excluding carboxylic acids is 1. The Balaban J connectivity index is 1.82. The summed E-state index contributed by atoms with van der Waals surface area (Å²) in [4.78, 5) is 21.0. The molecule has 0 bridgehead atoms. The van der Waals surface area contributed by atoms with Crippen LogP contribution in [-0.2, 0) is 0 Å². The summed E-state index contributed by atoms with van der Waals surface area (Å²) in [5, 5.41) is 6.57. The predicted octanol–water partition coefficient (Wildman–Crippen LogP) is 6.99. The average molecular weight is 491 g/mol. The number of anilines is 1. The molecule has 2 aromatic rings. The van der Waals surface area contributed by atoms with Gasteiger partial charge in [0.2, 0.25) is 0 Å². The minimum Gasteiger partial charge on any atom is -0.378 e. The standard InChI is InChI=1S/C32H34N4O/c1-7-10-27(20-33-6)25-14-13-23(4)30(16-15-25)31(8-2)35-24(5)26-11-9-12-29(18-26)36-32(37)28-17-22(3)19-34-21-28/h7-21,24,35H,1-2H2,3-6H3,(H,36,37)/b27-10+,31-30+,33-20?/t24-/m0/s1. The number of rotatable bonds is 9. The topological polar surface area (TPSA) is 66.4 Å². The fraction of sp³-hybridized carbons (Fsp3) is 0.156. The molecule has 5 heteroatoms. The molecule has 188 valence electrons. The van der Waals surface area contributed by atoms with Gasteiger partial charge >= 0.3 is 0 Å². The highest BCUT2D eigenvalue weighted by Gasteiger charge is 2.13. The van der Waals surface area contributed by atoms with Gasteiger partial charge in [0.25, 0.3) is 5.91 Å². The number of aliphatic imine (C=N–C) groups is 1. The number of hydrogen-bond acceptors (Lipinski definition) is 4. The van der Waals surface area contributed by atoms with Crippen LogP contribution in [-0.4, -0.2) is 24.2 Å². The van der Waals surface area contributed by atoms with Crippen molar-refractivity contribution in [1.29, 1.82) is 0 Å². The zero-order valence-corrected chi connectivity index (χ0v) is 22.0. The molecule has 1 heterocycles. The second-order valence-corrected chi connectivity index (χ2v) is 8.78. The second kappa shape index (κ2) is 13.0. The predicted molar refractivity (Wildman–Crippen MR) is 156 cm³/mol. The average Bonchev–Trinajstić information content (AvgIpc) is 3.08. The SMILES string of the molecule is C=C/C=C(\C=NC)C1=CC=C(C)/C(=C(\C=C)N[C@@H](C)c2cccc(NC(=O)c3cncc(C)c3)c2)C=C1. The summed E-state index contributed by atoms with van der Waals surface area (Å²) in [7, 11) is 1.76. The number of aromatic nitrogens is 1. The first-order valence-corrected chi connectivity index (χ1v) is 12.1. The largest absolute Gasteiger partial charge is 0.378 e. The van der Waals surface area contributed by atoms with Crippen LogP contribution in [0, 0.1) is 6.92 Å². The van der Waals surface area contributed by atoms with Gasteiger partial charge in [-0.25, -0.2) is 0 Å². The van der Waals surface area contributed by atoms with Gasteiger partial charge in [-0.2, -0.15) is 0 Å². The number of benzene rings is 1. The molecule has 0 radical (unpaired) electrons. The summed E-state index contributed by atoms with van der Waals surface area (Å²) in [6, 6.07) is 9.62. The van der Waals surface area contributed by atoms with E-state index >= 15 is 0 Å². The smallest absolute Gasteiger partial charge is 0.257 e. The Labute approximate surface area is 220 Å². The Kier molecular flexibility index (Phi) is 9.50. The van der Waals surface area contributed by atoms with Crippen LogP contribution in [0.4, 0.5) is 5.69 Å². The van der Waals surface area contributed by atoms with Crippen molar-refractivity contribution in [3.63, 3.8) is 0 Å². The van der Waals surface area contributed by atoms with E-state index in [4.69, 9.17) is 0 Å². The summed E-state index contributed by atoms with van der Waals surface area (Å²) in [5.41, 5.74) is 8.35. The fourth-order valence-electron chi connectivity index (χ4n) is 3.97. The molecule has 1 aromatic carbocycles. The molecule has 37 heavy (non-hydrogen) atoms. The van der Waals surface area contributed by atoms with Gasteiger partial charge in [-0.05, 0) is 72.9 Å². The van der Waals surface area contributed by atoms with Crippen molar-refractivity contribution in [2.24, 2.45) is 4.99 Å². The molecule has 0 saturated carbocycles. The maximum Gasteiger partial charge on any atom is 0.257 e. The molecule has 0 aliphatic heterocycles. The third kappa shape index (κ3) is 7.24. The monoisotopic (exact) mass is 490 g/mol. The zero-order chi connectivity index (χ0) is 26.8. The summed E-state index contributed by atoms with van der Waals surface area (Å²) in [6.07, 6.45) is 19.0. The number of amides is 1. The number of hydrogen-bond donors (Lipinski definition) is 2. The van der Waals surface area contributed by atoms with Crippen LogP contribution in [0.1, 0.15) is 41.4 Å². The van der Waals surface area contributed by atoms with E-state index in [2.05, 4.69) is 71.9 Å². The van der Waals surface area contributed by atoms with Crippen molar-refractivity contribution < 1.29 is 4.79 Å². The second-order valence-electron chi connectivity index (χ2n) is 8.78. The van der Waals surface area contributed by atoms with Gasteiger partial charge in [0.05, 0.1) is 5.56 Å². The normalized spacial score (nSPS) is 15.8. The molecule has 0 unspecified atom stereocenters. The molecule has 1 aromatic heterocycles. The molecule has 1 amide bonds. The first-order valence-electron chi connectivity index (χ1n) is 12.1. The van der Waals surface area contributed by atoms with Crippen molar-refractivity contribution >= 4 is 17.8 Å². The molecule has 0 fully saturated rings. The Hall–Kier alpha value is -4.51. The van der Waals surface area contributed by atoms with Crippen LogP contribution >= 0.6 is 0 Å². The lowest BCUT2D eigenvalue weighted by Gasteiger charge is -2.20. The fourth-order valence-corrected chi connectivity index (χ4v) is 3.97. The number of allylic oxidation sites excluding steroid dienone is 11. The lowest BCUT2D eigenvalue weighted by atomic mass is 10.0. The van der Waals surface area contributed by atoms with E-state index in [0.29, 0.717) is 5.56 Å². The number of carbonyl (C=O) groups is 1. The summed E-state index contributed by atoms with van der Waals surface area (Å²) >= 11 is 0. The van der Waals surface area contributed by atoms with Crippen LogP contribution in [0.3, 0.4) is 0 Å². The van der Waals surface area contributed by atoms with Crippen LogP contribution in [0.5, 0.6) is 0 Å². The summed E-state index contributed by atoms with van der Waals surface area (Å²) in [6.45, 7) is 13.9. The Bertz CT molecular complexity index is 1370. The third-order valence-corrected chi connectivity index (χ3v) is 5.91. The van der Waals surface area contributed by atoms with Crippen LogP contribution in [0.2, 0.25) is 0 Å². The molecule has 2 N–H and O–H groups in total. The van der Waals surface area contributed by atoms with Gasteiger partial charge in [0.1, 0.15) is 0 Å². The van der Waals surface area contributed by atoms with Gasteiger partial charge in [-0.15, -0.1) is 0 Å². The zero-order valence-electron chi connectivity index (χ0n) is 22.0. The minimum absolute atomic E-state index is 0.0293.